The van der Waals surface area contributed by atoms with Gasteiger partial charge in [0.2, 0.25) is 5.43 Å². The minimum Gasteiger partial charge on any atom is -0.477 e. The summed E-state index contributed by atoms with van der Waals surface area (Å²) in [7, 11) is 0. The summed E-state index contributed by atoms with van der Waals surface area (Å²) >= 11 is 0. The molecule has 2 aliphatic rings. The molecular formula is C19H21F2N3O3. The molecule has 6 nitrogen and oxygen atoms in total. The maximum Gasteiger partial charge on any atom is 0.341 e. The van der Waals surface area contributed by atoms with Crippen LogP contribution in [-0.2, 0) is 6.54 Å². The van der Waals surface area contributed by atoms with Gasteiger partial charge in [-0.15, -0.1) is 0 Å². The predicted molar refractivity (Wildman–Crippen MR) is 97.4 cm³/mol. The number of aromatic nitrogens is 1. The monoisotopic (exact) mass is 377 g/mol. The summed E-state index contributed by atoms with van der Waals surface area (Å²) < 4.78 is 31.6. The van der Waals surface area contributed by atoms with Crippen LogP contribution in [0.3, 0.4) is 0 Å². The van der Waals surface area contributed by atoms with Crippen molar-refractivity contribution in [2.24, 2.45) is 11.8 Å². The summed E-state index contributed by atoms with van der Waals surface area (Å²) in [6.45, 7) is 4.85. The number of fused-ring (bicyclic) bond motifs is 2. The average Bonchev–Trinajstić information content (AvgIpc) is 3.05. The second-order valence-electron chi connectivity index (χ2n) is 7.30. The van der Waals surface area contributed by atoms with Crippen molar-refractivity contribution >= 4 is 22.6 Å². The number of anilines is 1. The van der Waals surface area contributed by atoms with Crippen molar-refractivity contribution < 1.29 is 18.7 Å². The molecule has 0 saturated carbocycles. The molecule has 1 aromatic heterocycles. The molecule has 2 N–H and O–H groups in total. The third-order valence-corrected chi connectivity index (χ3v) is 5.79. The van der Waals surface area contributed by atoms with Crippen LogP contribution in [-0.4, -0.2) is 41.8 Å². The van der Waals surface area contributed by atoms with E-state index in [-0.39, 0.29) is 23.1 Å². The molecule has 2 atom stereocenters. The molecule has 4 rings (SSSR count). The van der Waals surface area contributed by atoms with Gasteiger partial charge in [-0.25, -0.2) is 13.6 Å². The highest BCUT2D eigenvalue weighted by Gasteiger charge is 2.37. The van der Waals surface area contributed by atoms with E-state index in [1.165, 1.54) is 4.57 Å². The van der Waals surface area contributed by atoms with Crippen molar-refractivity contribution in [2.75, 3.05) is 31.1 Å². The van der Waals surface area contributed by atoms with Crippen molar-refractivity contribution in [2.45, 2.75) is 19.9 Å². The molecule has 3 heterocycles. The lowest BCUT2D eigenvalue weighted by Gasteiger charge is -2.23. The summed E-state index contributed by atoms with van der Waals surface area (Å²) in [5.41, 5.74) is -1.53. The number of aromatic carboxylic acids is 1. The van der Waals surface area contributed by atoms with Crippen LogP contribution in [0.15, 0.2) is 17.1 Å². The summed E-state index contributed by atoms with van der Waals surface area (Å²) in [6.07, 6.45) is 2.10. The van der Waals surface area contributed by atoms with E-state index in [0.717, 1.165) is 31.8 Å². The Hall–Kier alpha value is -2.48. The number of carboxylic acid groups (broad SMARTS) is 1. The number of rotatable bonds is 3. The van der Waals surface area contributed by atoms with Crippen molar-refractivity contribution in [3.05, 3.63) is 39.7 Å². The van der Waals surface area contributed by atoms with E-state index >= 15 is 4.39 Å². The molecule has 1 aromatic carbocycles. The minimum atomic E-state index is -1.41. The fourth-order valence-corrected chi connectivity index (χ4v) is 4.42. The number of carboxylic acids is 1. The van der Waals surface area contributed by atoms with Crippen LogP contribution in [0.5, 0.6) is 0 Å². The smallest absolute Gasteiger partial charge is 0.341 e. The molecule has 2 unspecified atom stereocenters. The van der Waals surface area contributed by atoms with E-state index in [4.69, 9.17) is 0 Å². The molecule has 0 aliphatic carbocycles. The highest BCUT2D eigenvalue weighted by atomic mass is 19.1. The first-order chi connectivity index (χ1) is 12.9. The van der Waals surface area contributed by atoms with Crippen LogP contribution in [0, 0.1) is 23.5 Å². The molecular weight excluding hydrogens is 356 g/mol. The highest BCUT2D eigenvalue weighted by Crippen LogP contribution is 2.36. The molecule has 0 spiro atoms. The second-order valence-corrected chi connectivity index (χ2v) is 7.30. The number of piperidine rings is 1. The van der Waals surface area contributed by atoms with Crippen molar-refractivity contribution in [1.82, 2.24) is 9.88 Å². The molecule has 2 fully saturated rings. The van der Waals surface area contributed by atoms with Gasteiger partial charge in [-0.1, -0.05) is 0 Å². The van der Waals surface area contributed by atoms with Gasteiger partial charge in [0.15, 0.2) is 5.82 Å². The fourth-order valence-electron chi connectivity index (χ4n) is 4.42. The Morgan fingerprint density at radius 1 is 1.33 bits per heavy atom. The number of hydrogen-bond acceptors (Lipinski definition) is 4. The Morgan fingerprint density at radius 3 is 2.74 bits per heavy atom. The number of halogens is 2. The van der Waals surface area contributed by atoms with Gasteiger partial charge in [-0.3, -0.25) is 4.79 Å². The van der Waals surface area contributed by atoms with Crippen LogP contribution in [0.4, 0.5) is 14.5 Å². The molecule has 0 amide bonds. The standard InChI is InChI=1S/C19H21F2N3O3/c1-2-23-9-13(19(26)27)18(25)12-5-14(20)17(15(21)16(12)23)24-7-10-3-4-22-6-11(10)8-24/h5,9-11,22H,2-4,6-8H2,1H3,(H,26,27). The van der Waals surface area contributed by atoms with Crippen LogP contribution >= 0.6 is 0 Å². The zero-order valence-corrected chi connectivity index (χ0v) is 15.0. The molecule has 8 heteroatoms. The normalized spacial score (nSPS) is 22.3. The molecule has 2 saturated heterocycles. The Kier molecular flexibility index (Phi) is 4.38. The zero-order chi connectivity index (χ0) is 19.3. The van der Waals surface area contributed by atoms with Crippen LogP contribution in [0.25, 0.3) is 10.9 Å². The van der Waals surface area contributed by atoms with Crippen LogP contribution < -0.4 is 15.6 Å². The van der Waals surface area contributed by atoms with Crippen molar-refractivity contribution in [3.63, 3.8) is 0 Å². The first kappa shape index (κ1) is 17.9. The molecule has 144 valence electrons. The van der Waals surface area contributed by atoms with Gasteiger partial charge >= 0.3 is 5.97 Å². The van der Waals surface area contributed by atoms with E-state index in [9.17, 15) is 19.1 Å². The number of pyridine rings is 1. The number of benzene rings is 1. The highest BCUT2D eigenvalue weighted by molar-refractivity contribution is 5.93. The van der Waals surface area contributed by atoms with E-state index in [1.54, 1.807) is 11.8 Å². The number of aryl methyl sites for hydroxylation is 1. The third kappa shape index (κ3) is 2.79. The van der Waals surface area contributed by atoms with Crippen LogP contribution in [0.2, 0.25) is 0 Å². The minimum absolute atomic E-state index is 0.0445. The number of nitrogens with zero attached hydrogens (tertiary/aromatic N) is 2. The van der Waals surface area contributed by atoms with E-state index in [1.807, 2.05) is 0 Å². The molecule has 0 bridgehead atoms. The Bertz CT molecular complexity index is 975. The Labute approximate surface area is 154 Å². The summed E-state index contributed by atoms with van der Waals surface area (Å²) in [5.74, 6) is -2.30. The zero-order valence-electron chi connectivity index (χ0n) is 15.0. The maximum atomic E-state index is 15.4. The van der Waals surface area contributed by atoms with Crippen LogP contribution in [0.1, 0.15) is 23.7 Å². The Morgan fingerprint density at radius 2 is 2.07 bits per heavy atom. The van der Waals surface area contributed by atoms with E-state index in [0.29, 0.717) is 24.9 Å². The second kappa shape index (κ2) is 6.60. The molecule has 2 aromatic rings. The summed E-state index contributed by atoms with van der Waals surface area (Å²) in [5, 5.41) is 12.3. The largest absolute Gasteiger partial charge is 0.477 e. The SMILES string of the molecule is CCn1cc(C(=O)O)c(=O)c2cc(F)c(N3CC4CCNCC4C3)c(F)c21. The molecule has 2 aliphatic heterocycles. The van der Waals surface area contributed by atoms with Gasteiger partial charge in [-0.05, 0) is 44.3 Å². The summed E-state index contributed by atoms with van der Waals surface area (Å²) in [6, 6.07) is 0.981. The quantitative estimate of drug-likeness (QED) is 0.856. The lowest BCUT2D eigenvalue weighted by molar-refractivity contribution is 0.0695. The van der Waals surface area contributed by atoms with E-state index in [2.05, 4.69) is 5.32 Å². The van der Waals surface area contributed by atoms with Gasteiger partial charge in [0, 0.05) is 25.8 Å². The fraction of sp³-hybridized carbons (Fsp3) is 0.474. The van der Waals surface area contributed by atoms with E-state index < -0.39 is 28.6 Å². The number of carbonyl (C=O) groups is 1. The van der Waals surface area contributed by atoms with Gasteiger partial charge in [0.05, 0.1) is 10.9 Å². The summed E-state index contributed by atoms with van der Waals surface area (Å²) in [4.78, 5) is 25.5. The Balaban J connectivity index is 1.90. The lowest BCUT2D eigenvalue weighted by atomic mass is 9.90. The van der Waals surface area contributed by atoms with Gasteiger partial charge < -0.3 is 19.9 Å². The number of nitrogens with one attached hydrogen (secondary N) is 1. The van der Waals surface area contributed by atoms with Crippen molar-refractivity contribution in [1.29, 1.82) is 0 Å². The first-order valence-electron chi connectivity index (χ1n) is 9.16. The van der Waals surface area contributed by atoms with Gasteiger partial charge in [0.1, 0.15) is 17.1 Å². The first-order valence-corrected chi connectivity index (χ1v) is 9.16. The third-order valence-electron chi connectivity index (χ3n) is 5.79. The average molecular weight is 377 g/mol. The van der Waals surface area contributed by atoms with Gasteiger partial charge in [0.25, 0.3) is 0 Å². The van der Waals surface area contributed by atoms with Gasteiger partial charge in [-0.2, -0.15) is 0 Å². The van der Waals surface area contributed by atoms with Crippen molar-refractivity contribution in [3.8, 4) is 0 Å². The lowest BCUT2D eigenvalue weighted by Crippen LogP contribution is -2.35. The molecule has 27 heavy (non-hydrogen) atoms. The molecule has 0 radical (unpaired) electrons. The predicted octanol–water partition coefficient (Wildman–Crippen LogP) is 2.04. The number of hydrogen-bond donors (Lipinski definition) is 2. The topological polar surface area (TPSA) is 74.6 Å². The maximum absolute atomic E-state index is 15.4.